The fourth-order valence-electron chi connectivity index (χ4n) is 1.46. The molecule has 0 unspecified atom stereocenters. The first kappa shape index (κ1) is 15.8. The van der Waals surface area contributed by atoms with Gasteiger partial charge in [-0.2, -0.15) is 0 Å². The molecule has 0 fully saturated rings. The maximum atomic E-state index is 6.00. The van der Waals surface area contributed by atoms with Crippen LogP contribution in [-0.4, -0.2) is 13.2 Å². The lowest BCUT2D eigenvalue weighted by Crippen LogP contribution is -2.09. The van der Waals surface area contributed by atoms with E-state index in [1.165, 1.54) is 0 Å². The third-order valence-electron chi connectivity index (χ3n) is 2.40. The van der Waals surface area contributed by atoms with Gasteiger partial charge in [0, 0.05) is 10.5 Å². The molecule has 0 aliphatic heterocycles. The van der Waals surface area contributed by atoms with Gasteiger partial charge in [0.15, 0.2) is 0 Å². The molecular weight excluding hydrogens is 386 g/mol. The van der Waals surface area contributed by atoms with Crippen LogP contribution in [0.15, 0.2) is 40.9 Å². The fourth-order valence-corrected chi connectivity index (χ4v) is 2.31. The van der Waals surface area contributed by atoms with Crippen molar-refractivity contribution in [3.05, 3.63) is 55.9 Å². The zero-order valence-electron chi connectivity index (χ0n) is 10.2. The Labute approximate surface area is 140 Å². The maximum Gasteiger partial charge on any atom is 0.139 e. The van der Waals surface area contributed by atoms with Gasteiger partial charge in [0.1, 0.15) is 24.7 Å². The smallest absolute Gasteiger partial charge is 0.139 e. The van der Waals surface area contributed by atoms with Crippen LogP contribution in [0.4, 0.5) is 0 Å². The van der Waals surface area contributed by atoms with E-state index in [0.717, 1.165) is 10.2 Å². The molecule has 0 amide bonds. The molecule has 0 N–H and O–H groups in total. The maximum absolute atomic E-state index is 6.00. The molecule has 2 aromatic rings. The molecular formula is C14H10BrCl3O2. The van der Waals surface area contributed by atoms with Crippen LogP contribution in [0.1, 0.15) is 0 Å². The summed E-state index contributed by atoms with van der Waals surface area (Å²) in [5, 5.41) is 1.22. The Morgan fingerprint density at radius 2 is 1.40 bits per heavy atom. The second-order valence-corrected chi connectivity index (χ2v) is 5.98. The van der Waals surface area contributed by atoms with Crippen LogP contribution < -0.4 is 9.47 Å². The second kappa shape index (κ2) is 7.41. The van der Waals surface area contributed by atoms with Gasteiger partial charge in [-0.15, -0.1) is 0 Å². The van der Waals surface area contributed by atoms with Gasteiger partial charge < -0.3 is 9.47 Å². The van der Waals surface area contributed by atoms with Crippen molar-refractivity contribution in [3.63, 3.8) is 0 Å². The lowest BCUT2D eigenvalue weighted by molar-refractivity contribution is 0.217. The molecule has 6 heteroatoms. The molecule has 106 valence electrons. The second-order valence-electron chi connectivity index (χ2n) is 3.85. The van der Waals surface area contributed by atoms with Gasteiger partial charge in [-0.25, -0.2) is 0 Å². The van der Waals surface area contributed by atoms with Gasteiger partial charge in [0.25, 0.3) is 0 Å². The van der Waals surface area contributed by atoms with Crippen LogP contribution in [0.3, 0.4) is 0 Å². The molecule has 2 rings (SSSR count). The molecule has 0 aromatic heterocycles. The van der Waals surface area contributed by atoms with Gasteiger partial charge in [-0.05, 0) is 30.3 Å². The molecule has 0 bridgehead atoms. The van der Waals surface area contributed by atoms with E-state index in [4.69, 9.17) is 44.3 Å². The molecule has 0 spiro atoms. The molecule has 0 atom stereocenters. The van der Waals surface area contributed by atoms with Crippen molar-refractivity contribution in [2.45, 2.75) is 0 Å². The van der Waals surface area contributed by atoms with E-state index in [2.05, 4.69) is 15.9 Å². The highest BCUT2D eigenvalue weighted by molar-refractivity contribution is 9.10. The molecule has 0 heterocycles. The van der Waals surface area contributed by atoms with Gasteiger partial charge in [-0.3, -0.25) is 0 Å². The minimum Gasteiger partial charge on any atom is -0.490 e. The number of benzene rings is 2. The minimum absolute atomic E-state index is 0.355. The van der Waals surface area contributed by atoms with Crippen LogP contribution in [-0.2, 0) is 0 Å². The molecule has 0 radical (unpaired) electrons. The highest BCUT2D eigenvalue weighted by atomic mass is 79.9. The third-order valence-corrected chi connectivity index (χ3v) is 3.94. The van der Waals surface area contributed by atoms with E-state index < -0.39 is 0 Å². The molecule has 2 nitrogen and oxygen atoms in total. The van der Waals surface area contributed by atoms with Crippen molar-refractivity contribution in [2.24, 2.45) is 0 Å². The number of ether oxygens (including phenoxy) is 2. The number of hydrogen-bond donors (Lipinski definition) is 0. The summed E-state index contributed by atoms with van der Waals surface area (Å²) in [5.74, 6) is 1.26. The fraction of sp³-hybridized carbons (Fsp3) is 0.143. The Kier molecular flexibility index (Phi) is 5.85. The normalized spacial score (nSPS) is 10.4. The largest absolute Gasteiger partial charge is 0.490 e. The number of halogens is 4. The van der Waals surface area contributed by atoms with Crippen LogP contribution in [0.5, 0.6) is 11.5 Å². The first-order chi connectivity index (χ1) is 9.56. The van der Waals surface area contributed by atoms with Crippen molar-refractivity contribution in [2.75, 3.05) is 13.2 Å². The van der Waals surface area contributed by atoms with E-state index >= 15 is 0 Å². The van der Waals surface area contributed by atoms with Crippen molar-refractivity contribution in [1.29, 1.82) is 0 Å². The predicted octanol–water partition coefficient (Wildman–Crippen LogP) is 5.87. The Hall–Kier alpha value is -0.610. The first-order valence-corrected chi connectivity index (χ1v) is 7.64. The van der Waals surface area contributed by atoms with Crippen molar-refractivity contribution >= 4 is 50.7 Å². The van der Waals surface area contributed by atoms with Crippen molar-refractivity contribution in [1.82, 2.24) is 0 Å². The Morgan fingerprint density at radius 1 is 0.800 bits per heavy atom. The number of hydrogen-bond acceptors (Lipinski definition) is 2. The van der Waals surface area contributed by atoms with E-state index in [1.54, 1.807) is 12.1 Å². The summed E-state index contributed by atoms with van der Waals surface area (Å²) in [6.45, 7) is 0.756. The topological polar surface area (TPSA) is 18.5 Å². The summed E-state index contributed by atoms with van der Waals surface area (Å²) < 4.78 is 12.0. The lowest BCUT2D eigenvalue weighted by atomic mass is 10.3. The van der Waals surface area contributed by atoms with E-state index in [1.807, 2.05) is 24.3 Å². The molecule has 0 aliphatic carbocycles. The standard InChI is InChI=1S/C14H10BrCl3O2/c15-9-1-3-10(4-2-9)19-5-6-20-14-8-12(17)11(16)7-13(14)18/h1-4,7-8H,5-6H2. The van der Waals surface area contributed by atoms with Crippen LogP contribution in [0.2, 0.25) is 15.1 Å². The van der Waals surface area contributed by atoms with Crippen LogP contribution in [0, 0.1) is 0 Å². The summed E-state index contributed by atoms with van der Waals surface area (Å²) in [6.07, 6.45) is 0. The molecule has 0 saturated heterocycles. The van der Waals surface area contributed by atoms with Gasteiger partial charge in [0.05, 0.1) is 15.1 Å². The van der Waals surface area contributed by atoms with E-state index in [0.29, 0.717) is 34.0 Å². The summed E-state index contributed by atoms with van der Waals surface area (Å²) in [7, 11) is 0. The Bertz CT molecular complexity index is 588. The summed E-state index contributed by atoms with van der Waals surface area (Å²) in [5.41, 5.74) is 0. The quantitative estimate of drug-likeness (QED) is 0.465. The predicted molar refractivity (Wildman–Crippen MR) is 86.6 cm³/mol. The highest BCUT2D eigenvalue weighted by Crippen LogP contribution is 2.33. The SMILES string of the molecule is Clc1cc(Cl)c(OCCOc2ccc(Br)cc2)cc1Cl. The summed E-state index contributed by atoms with van der Waals surface area (Å²) in [4.78, 5) is 0. The van der Waals surface area contributed by atoms with Crippen molar-refractivity contribution in [3.8, 4) is 11.5 Å². The molecule has 2 aromatic carbocycles. The average molecular weight is 396 g/mol. The van der Waals surface area contributed by atoms with Crippen LogP contribution >= 0.6 is 50.7 Å². The first-order valence-electron chi connectivity index (χ1n) is 5.72. The summed E-state index contributed by atoms with van der Waals surface area (Å²) >= 11 is 21.1. The highest BCUT2D eigenvalue weighted by Gasteiger charge is 2.07. The van der Waals surface area contributed by atoms with Gasteiger partial charge in [-0.1, -0.05) is 50.7 Å². The average Bonchev–Trinajstić information content (AvgIpc) is 2.42. The molecule has 0 saturated carbocycles. The Morgan fingerprint density at radius 3 is 2.10 bits per heavy atom. The van der Waals surface area contributed by atoms with Crippen molar-refractivity contribution < 1.29 is 9.47 Å². The monoisotopic (exact) mass is 394 g/mol. The zero-order valence-corrected chi connectivity index (χ0v) is 14.1. The zero-order chi connectivity index (χ0) is 14.5. The molecule has 0 aliphatic rings. The summed E-state index contributed by atoms with van der Waals surface area (Å²) in [6, 6.07) is 10.7. The van der Waals surface area contributed by atoms with Crippen LogP contribution in [0.25, 0.3) is 0 Å². The van der Waals surface area contributed by atoms with Gasteiger partial charge in [0.2, 0.25) is 0 Å². The third kappa shape index (κ3) is 4.45. The van der Waals surface area contributed by atoms with E-state index in [-0.39, 0.29) is 0 Å². The van der Waals surface area contributed by atoms with Gasteiger partial charge >= 0.3 is 0 Å². The Balaban J connectivity index is 1.84. The molecule has 20 heavy (non-hydrogen) atoms. The lowest BCUT2D eigenvalue weighted by Gasteiger charge is -2.10. The van der Waals surface area contributed by atoms with E-state index in [9.17, 15) is 0 Å². The number of rotatable bonds is 5. The minimum atomic E-state index is 0.355.